The molecule has 28 heavy (non-hydrogen) atoms. The molecule has 0 radical (unpaired) electrons. The number of aliphatic carboxylic acids is 1. The van der Waals surface area contributed by atoms with Crippen LogP contribution in [0.25, 0.3) is 6.08 Å². The number of hydrogen-bond donors (Lipinski definition) is 1. The first kappa shape index (κ1) is 20.6. The van der Waals surface area contributed by atoms with Crippen molar-refractivity contribution in [3.63, 3.8) is 0 Å². The number of hydrogen-bond acceptors (Lipinski definition) is 1. The van der Waals surface area contributed by atoms with E-state index in [1.165, 1.54) is 11.1 Å². The lowest BCUT2D eigenvalue weighted by Crippen LogP contribution is -2.54. The van der Waals surface area contributed by atoms with Crippen LogP contribution in [-0.2, 0) is 4.79 Å². The Balaban J connectivity index is 2.23. The van der Waals surface area contributed by atoms with Gasteiger partial charge in [-0.3, -0.25) is 4.79 Å². The van der Waals surface area contributed by atoms with E-state index in [1.807, 2.05) is 25.1 Å². The van der Waals surface area contributed by atoms with Crippen LogP contribution in [-0.4, -0.2) is 11.1 Å². The topological polar surface area (TPSA) is 37.3 Å². The molecular formula is C26H34O2. The molecular weight excluding hydrogens is 344 g/mol. The Morgan fingerprint density at radius 1 is 1.11 bits per heavy atom. The second-order valence-corrected chi connectivity index (χ2v) is 8.68. The molecule has 3 rings (SSSR count). The average molecular weight is 379 g/mol. The van der Waals surface area contributed by atoms with E-state index in [1.54, 1.807) is 0 Å². The van der Waals surface area contributed by atoms with Crippen molar-refractivity contribution in [2.24, 2.45) is 28.6 Å². The minimum Gasteiger partial charge on any atom is -0.481 e. The van der Waals surface area contributed by atoms with E-state index in [-0.39, 0.29) is 5.92 Å². The van der Waals surface area contributed by atoms with E-state index in [2.05, 4.69) is 64.1 Å². The molecule has 0 aromatic heterocycles. The summed E-state index contributed by atoms with van der Waals surface area (Å²) in [5, 5.41) is 10.6. The van der Waals surface area contributed by atoms with Crippen LogP contribution in [0.2, 0.25) is 0 Å². The number of carboxylic acid groups (broad SMARTS) is 1. The zero-order chi connectivity index (χ0) is 20.5. The van der Waals surface area contributed by atoms with Gasteiger partial charge in [0.1, 0.15) is 0 Å². The number of carbonyl (C=O) groups is 1. The second-order valence-electron chi connectivity index (χ2n) is 8.68. The Morgan fingerprint density at radius 2 is 1.75 bits per heavy atom. The maximum Gasteiger partial charge on any atom is 0.311 e. The fraction of sp³-hybridized carbons (Fsp3) is 0.500. The second kappa shape index (κ2) is 7.73. The Hall–Kier alpha value is -2.09. The molecule has 0 saturated carbocycles. The van der Waals surface area contributed by atoms with Crippen LogP contribution < -0.4 is 0 Å². The van der Waals surface area contributed by atoms with Crippen LogP contribution in [0.4, 0.5) is 0 Å². The van der Waals surface area contributed by atoms with E-state index in [9.17, 15) is 9.90 Å². The van der Waals surface area contributed by atoms with Gasteiger partial charge in [-0.25, -0.2) is 0 Å². The van der Waals surface area contributed by atoms with E-state index in [4.69, 9.17) is 0 Å². The van der Waals surface area contributed by atoms with Gasteiger partial charge < -0.3 is 5.11 Å². The summed E-state index contributed by atoms with van der Waals surface area (Å²) in [6, 6.07) is 10.2. The van der Waals surface area contributed by atoms with Gasteiger partial charge in [0.2, 0.25) is 0 Å². The molecule has 5 atom stereocenters. The highest BCUT2D eigenvalue weighted by Crippen LogP contribution is 2.63. The van der Waals surface area contributed by atoms with Gasteiger partial charge in [-0.05, 0) is 43.6 Å². The zero-order valence-corrected chi connectivity index (χ0v) is 17.9. The van der Waals surface area contributed by atoms with Gasteiger partial charge in [0.15, 0.2) is 0 Å². The number of carboxylic acids is 1. The first-order chi connectivity index (χ1) is 13.3. The third-order valence-corrected chi connectivity index (χ3v) is 7.48. The van der Waals surface area contributed by atoms with Gasteiger partial charge in [0.05, 0.1) is 5.41 Å². The van der Waals surface area contributed by atoms with Gasteiger partial charge in [-0.2, -0.15) is 0 Å². The molecule has 0 heterocycles. The Bertz CT molecular complexity index is 816. The Morgan fingerprint density at radius 3 is 2.29 bits per heavy atom. The first-order valence-electron chi connectivity index (χ1n) is 10.7. The van der Waals surface area contributed by atoms with Crippen LogP contribution in [0, 0.1) is 28.6 Å². The van der Waals surface area contributed by atoms with Crippen molar-refractivity contribution in [1.29, 1.82) is 0 Å². The molecule has 150 valence electrons. The van der Waals surface area contributed by atoms with Crippen LogP contribution >= 0.6 is 0 Å². The Labute approximate surface area is 170 Å². The highest BCUT2D eigenvalue weighted by molar-refractivity contribution is 5.79. The highest BCUT2D eigenvalue weighted by Gasteiger charge is 2.62. The van der Waals surface area contributed by atoms with Crippen molar-refractivity contribution in [2.45, 2.75) is 53.9 Å². The van der Waals surface area contributed by atoms with E-state index < -0.39 is 16.8 Å². The van der Waals surface area contributed by atoms with Crippen molar-refractivity contribution in [3.8, 4) is 0 Å². The molecule has 2 heteroatoms. The SMILES string of the molecule is CCC1=C[C@H](C)[C@H]2C(CC)=C[C@](/C=C/c3ccccc3)(CC)[C@@](C)(C(=O)O)C12. The summed E-state index contributed by atoms with van der Waals surface area (Å²) < 4.78 is 0. The molecule has 0 aliphatic heterocycles. The van der Waals surface area contributed by atoms with Crippen molar-refractivity contribution >= 4 is 12.0 Å². The molecule has 0 bridgehead atoms. The quantitative estimate of drug-likeness (QED) is 0.556. The molecule has 1 N–H and O–H groups in total. The molecule has 0 spiro atoms. The van der Waals surface area contributed by atoms with Crippen molar-refractivity contribution in [1.82, 2.24) is 0 Å². The van der Waals surface area contributed by atoms with Crippen LogP contribution in [0.5, 0.6) is 0 Å². The normalized spacial score (nSPS) is 34.8. The molecule has 1 aromatic rings. The molecule has 0 fully saturated rings. The van der Waals surface area contributed by atoms with Gasteiger partial charge >= 0.3 is 5.97 Å². The number of allylic oxidation sites excluding steroid dienone is 5. The molecule has 0 amide bonds. The summed E-state index contributed by atoms with van der Waals surface area (Å²) in [5.74, 6) is 0.0934. The fourth-order valence-corrected chi connectivity index (χ4v) is 5.85. The number of benzene rings is 1. The smallest absolute Gasteiger partial charge is 0.311 e. The average Bonchev–Trinajstić information content (AvgIpc) is 3.05. The zero-order valence-electron chi connectivity index (χ0n) is 17.9. The van der Waals surface area contributed by atoms with Crippen LogP contribution in [0.3, 0.4) is 0 Å². The summed E-state index contributed by atoms with van der Waals surface area (Å²) >= 11 is 0. The van der Waals surface area contributed by atoms with Crippen molar-refractivity contribution in [2.75, 3.05) is 0 Å². The van der Waals surface area contributed by atoms with E-state index in [0.29, 0.717) is 11.8 Å². The predicted molar refractivity (Wildman–Crippen MR) is 117 cm³/mol. The first-order valence-corrected chi connectivity index (χ1v) is 10.7. The van der Waals surface area contributed by atoms with Gasteiger partial charge in [0, 0.05) is 11.3 Å². The van der Waals surface area contributed by atoms with Gasteiger partial charge in [-0.15, -0.1) is 0 Å². The molecule has 1 aromatic carbocycles. The lowest BCUT2D eigenvalue weighted by atomic mass is 9.48. The standard InChI is InChI=1S/C26H34O2/c1-6-20-16-18(4)22-21(7-2)17-26(8-3,25(5,23(20)22)24(27)28)15-14-19-12-10-9-11-13-19/h9-18,22-23H,6-8H2,1-5H3,(H,27,28)/b15-14+/t18-,22-,23?,25+,26+/m0/s1. The number of rotatable bonds is 6. The summed E-state index contributed by atoms with van der Waals surface area (Å²) in [4.78, 5) is 12.9. The van der Waals surface area contributed by atoms with Crippen molar-refractivity contribution < 1.29 is 9.90 Å². The maximum absolute atomic E-state index is 12.9. The van der Waals surface area contributed by atoms with E-state index >= 15 is 0 Å². The van der Waals surface area contributed by atoms with Crippen LogP contribution in [0.1, 0.15) is 59.4 Å². The van der Waals surface area contributed by atoms with Gasteiger partial charge in [0.25, 0.3) is 0 Å². The molecule has 1 unspecified atom stereocenters. The third-order valence-electron chi connectivity index (χ3n) is 7.48. The van der Waals surface area contributed by atoms with Crippen LogP contribution in [0.15, 0.2) is 59.7 Å². The minimum absolute atomic E-state index is 0.0605. The largest absolute Gasteiger partial charge is 0.481 e. The monoisotopic (exact) mass is 378 g/mol. The summed E-state index contributed by atoms with van der Waals surface area (Å²) in [6.45, 7) is 10.8. The maximum atomic E-state index is 12.9. The molecule has 0 saturated heterocycles. The highest BCUT2D eigenvalue weighted by atomic mass is 16.4. The lowest BCUT2D eigenvalue weighted by Gasteiger charge is -2.53. The number of fused-ring (bicyclic) bond motifs is 1. The van der Waals surface area contributed by atoms with Crippen molar-refractivity contribution in [3.05, 3.63) is 65.3 Å². The molecule has 2 nitrogen and oxygen atoms in total. The molecule has 2 aliphatic rings. The fourth-order valence-electron chi connectivity index (χ4n) is 5.85. The summed E-state index contributed by atoms with van der Waals surface area (Å²) in [6.07, 6.45) is 11.6. The Kier molecular flexibility index (Phi) is 5.70. The van der Waals surface area contributed by atoms with Gasteiger partial charge in [-0.1, -0.05) is 93.5 Å². The summed E-state index contributed by atoms with van der Waals surface area (Å²) in [7, 11) is 0. The summed E-state index contributed by atoms with van der Waals surface area (Å²) in [5.41, 5.74) is 2.51. The third kappa shape index (κ3) is 2.98. The molecule has 2 aliphatic carbocycles. The minimum atomic E-state index is -0.858. The predicted octanol–water partition coefficient (Wildman–Crippen LogP) is 6.76. The lowest BCUT2D eigenvalue weighted by molar-refractivity contribution is -0.159. The van der Waals surface area contributed by atoms with E-state index in [0.717, 1.165) is 24.8 Å².